The van der Waals surface area contributed by atoms with Gasteiger partial charge in [-0.2, -0.15) is 0 Å². The number of aliphatic hydroxyl groups is 1. The Morgan fingerprint density at radius 3 is 2.90 bits per heavy atom. The number of hydrogen-bond donors (Lipinski definition) is 2. The molecule has 2 N–H and O–H groups in total. The molecule has 0 amide bonds. The summed E-state index contributed by atoms with van der Waals surface area (Å²) in [4.78, 5) is 0. The predicted octanol–water partition coefficient (Wildman–Crippen LogP) is 2.60. The minimum Gasteiger partial charge on any atom is -0.491 e. The van der Waals surface area contributed by atoms with Crippen molar-refractivity contribution in [1.82, 2.24) is 5.32 Å². The van der Waals surface area contributed by atoms with Crippen LogP contribution in [0, 0.1) is 5.41 Å². The molecule has 0 heterocycles. The Labute approximate surface area is 135 Å². The number of halogens is 1. The second kappa shape index (κ2) is 8.13. The molecule has 4 nitrogen and oxygen atoms in total. The largest absolute Gasteiger partial charge is 0.491 e. The van der Waals surface area contributed by atoms with Crippen molar-refractivity contribution in [3.05, 3.63) is 28.7 Å². The van der Waals surface area contributed by atoms with Gasteiger partial charge in [0.15, 0.2) is 0 Å². The highest BCUT2D eigenvalue weighted by atomic mass is 79.9. The lowest BCUT2D eigenvalue weighted by Gasteiger charge is -2.18. The van der Waals surface area contributed by atoms with Gasteiger partial charge in [0.2, 0.25) is 0 Å². The summed E-state index contributed by atoms with van der Waals surface area (Å²) >= 11 is 3.40. The highest BCUT2D eigenvalue weighted by molar-refractivity contribution is 9.10. The maximum absolute atomic E-state index is 9.95. The summed E-state index contributed by atoms with van der Waals surface area (Å²) in [6, 6.07) is 7.63. The second-order valence-electron chi connectivity index (χ2n) is 5.80. The first-order chi connectivity index (χ1) is 10.1. The molecule has 1 fully saturated rings. The van der Waals surface area contributed by atoms with Gasteiger partial charge in [-0.3, -0.25) is 0 Å². The highest BCUT2D eigenvalue weighted by Gasteiger charge is 2.41. The monoisotopic (exact) mass is 357 g/mol. The van der Waals surface area contributed by atoms with Gasteiger partial charge in [-0.25, -0.2) is 0 Å². The number of methoxy groups -OCH3 is 1. The third-order valence-electron chi connectivity index (χ3n) is 3.91. The lowest BCUT2D eigenvalue weighted by molar-refractivity contribution is 0.104. The summed E-state index contributed by atoms with van der Waals surface area (Å²) in [7, 11) is 1.74. The number of ether oxygens (including phenoxy) is 2. The van der Waals surface area contributed by atoms with Gasteiger partial charge in [-0.05, 0) is 42.9 Å². The summed E-state index contributed by atoms with van der Waals surface area (Å²) in [6.45, 7) is 2.62. The number of benzene rings is 1. The van der Waals surface area contributed by atoms with E-state index in [0.29, 0.717) is 18.6 Å². The maximum atomic E-state index is 9.95. The van der Waals surface area contributed by atoms with Crippen LogP contribution in [0.15, 0.2) is 28.7 Å². The van der Waals surface area contributed by atoms with Crippen LogP contribution in [-0.2, 0) is 4.74 Å². The Kier molecular flexibility index (Phi) is 6.48. The van der Waals surface area contributed by atoms with E-state index >= 15 is 0 Å². The van der Waals surface area contributed by atoms with Crippen LogP contribution in [0.25, 0.3) is 0 Å². The Hall–Kier alpha value is -0.620. The first-order valence-corrected chi connectivity index (χ1v) is 8.19. The smallest absolute Gasteiger partial charge is 0.120 e. The van der Waals surface area contributed by atoms with Gasteiger partial charge < -0.3 is 19.9 Å². The third kappa shape index (κ3) is 5.94. The zero-order chi connectivity index (χ0) is 15.1. The fourth-order valence-corrected chi connectivity index (χ4v) is 2.70. The predicted molar refractivity (Wildman–Crippen MR) is 86.7 cm³/mol. The first kappa shape index (κ1) is 16.7. The molecule has 118 valence electrons. The third-order valence-corrected chi connectivity index (χ3v) is 4.41. The molecule has 1 atom stereocenters. The van der Waals surface area contributed by atoms with E-state index in [1.54, 1.807) is 7.11 Å². The van der Waals surface area contributed by atoms with E-state index < -0.39 is 6.10 Å². The summed E-state index contributed by atoms with van der Waals surface area (Å²) in [5, 5.41) is 13.3. The Morgan fingerprint density at radius 1 is 1.43 bits per heavy atom. The average molecular weight is 358 g/mol. The lowest BCUT2D eigenvalue weighted by atomic mass is 10.0. The molecule has 0 radical (unpaired) electrons. The topological polar surface area (TPSA) is 50.7 Å². The molecule has 0 spiro atoms. The van der Waals surface area contributed by atoms with Crippen molar-refractivity contribution >= 4 is 15.9 Å². The van der Waals surface area contributed by atoms with Crippen LogP contribution in [0.3, 0.4) is 0 Å². The van der Waals surface area contributed by atoms with Crippen molar-refractivity contribution in [3.63, 3.8) is 0 Å². The molecule has 0 saturated heterocycles. The number of nitrogens with one attached hydrogen (secondary N) is 1. The van der Waals surface area contributed by atoms with Gasteiger partial charge in [-0.15, -0.1) is 0 Å². The first-order valence-electron chi connectivity index (χ1n) is 7.40. The molecule has 0 aliphatic heterocycles. The zero-order valence-corrected chi connectivity index (χ0v) is 14.1. The van der Waals surface area contributed by atoms with Crippen molar-refractivity contribution in [2.75, 3.05) is 33.4 Å². The maximum Gasteiger partial charge on any atom is 0.120 e. The zero-order valence-electron chi connectivity index (χ0n) is 12.5. The van der Waals surface area contributed by atoms with Crippen molar-refractivity contribution in [2.45, 2.75) is 25.4 Å². The summed E-state index contributed by atoms with van der Waals surface area (Å²) < 4.78 is 11.7. The van der Waals surface area contributed by atoms with Crippen LogP contribution < -0.4 is 10.1 Å². The molecule has 1 saturated carbocycles. The van der Waals surface area contributed by atoms with Crippen LogP contribution in [0.2, 0.25) is 0 Å². The number of aliphatic hydroxyl groups excluding tert-OH is 1. The average Bonchev–Trinajstić information content (AvgIpc) is 3.23. The molecular formula is C16H24BrNO3. The Balaban J connectivity index is 1.60. The van der Waals surface area contributed by atoms with E-state index in [4.69, 9.17) is 9.47 Å². The molecule has 21 heavy (non-hydrogen) atoms. The van der Waals surface area contributed by atoms with Gasteiger partial charge in [0.1, 0.15) is 18.5 Å². The minimum absolute atomic E-state index is 0.300. The SMILES string of the molecule is COCCC1(CNCC(O)COc2cccc(Br)c2)CC1. The van der Waals surface area contributed by atoms with Crippen LogP contribution in [0.1, 0.15) is 19.3 Å². The minimum atomic E-state index is -0.498. The van der Waals surface area contributed by atoms with E-state index in [2.05, 4.69) is 21.2 Å². The Bertz CT molecular complexity index is 437. The molecular weight excluding hydrogens is 334 g/mol. The van der Waals surface area contributed by atoms with Crippen LogP contribution in [0.4, 0.5) is 0 Å². The fraction of sp³-hybridized carbons (Fsp3) is 0.625. The summed E-state index contributed by atoms with van der Waals surface area (Å²) in [5.41, 5.74) is 0.404. The molecule has 5 heteroatoms. The quantitative estimate of drug-likeness (QED) is 0.675. The van der Waals surface area contributed by atoms with Crippen molar-refractivity contribution in [3.8, 4) is 5.75 Å². The molecule has 1 aliphatic rings. The van der Waals surface area contributed by atoms with Gasteiger partial charge >= 0.3 is 0 Å². The van der Waals surface area contributed by atoms with Crippen molar-refractivity contribution in [1.29, 1.82) is 0 Å². The molecule has 0 aromatic heterocycles. The van der Waals surface area contributed by atoms with Gasteiger partial charge in [0.25, 0.3) is 0 Å². The molecule has 1 aromatic rings. The van der Waals surface area contributed by atoms with E-state index in [9.17, 15) is 5.11 Å². The highest BCUT2D eigenvalue weighted by Crippen LogP contribution is 2.48. The van der Waals surface area contributed by atoms with E-state index in [1.807, 2.05) is 24.3 Å². The van der Waals surface area contributed by atoms with E-state index in [0.717, 1.165) is 29.8 Å². The number of hydrogen-bond acceptors (Lipinski definition) is 4. The van der Waals surface area contributed by atoms with Crippen LogP contribution in [-0.4, -0.2) is 44.6 Å². The normalized spacial score (nSPS) is 17.5. The van der Waals surface area contributed by atoms with E-state index in [-0.39, 0.29) is 0 Å². The molecule has 0 bridgehead atoms. The van der Waals surface area contributed by atoms with E-state index in [1.165, 1.54) is 12.8 Å². The number of rotatable bonds is 10. The van der Waals surface area contributed by atoms with Crippen molar-refractivity contribution in [2.24, 2.45) is 5.41 Å². The summed E-state index contributed by atoms with van der Waals surface area (Å²) in [6.07, 6.45) is 3.12. The molecule has 1 aliphatic carbocycles. The second-order valence-corrected chi connectivity index (χ2v) is 6.71. The van der Waals surface area contributed by atoms with Crippen LogP contribution in [0.5, 0.6) is 5.75 Å². The van der Waals surface area contributed by atoms with Gasteiger partial charge in [0, 0.05) is 31.3 Å². The Morgan fingerprint density at radius 2 is 2.24 bits per heavy atom. The van der Waals surface area contributed by atoms with Crippen LogP contribution >= 0.6 is 15.9 Å². The fourth-order valence-electron chi connectivity index (χ4n) is 2.32. The molecule has 1 unspecified atom stereocenters. The lowest BCUT2D eigenvalue weighted by Crippen LogP contribution is -2.35. The molecule has 2 rings (SSSR count). The standard InChI is InChI=1S/C16H24BrNO3/c1-20-8-7-16(5-6-16)12-18-10-14(19)11-21-15-4-2-3-13(17)9-15/h2-4,9,14,18-19H,5-8,10-12H2,1H3. The summed E-state index contributed by atoms with van der Waals surface area (Å²) in [5.74, 6) is 0.766. The van der Waals surface area contributed by atoms with Crippen molar-refractivity contribution < 1.29 is 14.6 Å². The van der Waals surface area contributed by atoms with Gasteiger partial charge in [0.05, 0.1) is 0 Å². The van der Waals surface area contributed by atoms with Gasteiger partial charge in [-0.1, -0.05) is 22.0 Å². The molecule has 1 aromatic carbocycles.